The molecular weight excluding hydrogens is 292 g/mol. The molecular formula is C20H15F2N. The van der Waals surface area contributed by atoms with Crippen molar-refractivity contribution >= 4 is 11.1 Å². The lowest BCUT2D eigenvalue weighted by atomic mass is 9.90. The summed E-state index contributed by atoms with van der Waals surface area (Å²) in [6, 6.07) is 4.67. The van der Waals surface area contributed by atoms with E-state index in [-0.39, 0.29) is 0 Å². The van der Waals surface area contributed by atoms with Gasteiger partial charge in [-0.1, -0.05) is 36.5 Å². The van der Waals surface area contributed by atoms with Crippen LogP contribution in [0.3, 0.4) is 0 Å². The first kappa shape index (κ1) is 13.9. The SMILES string of the molecule is Fc1cc(F)c(-n2cccc2)c(C2=CC=CC2)c1C1=CC=CC1. The average molecular weight is 307 g/mol. The summed E-state index contributed by atoms with van der Waals surface area (Å²) < 4.78 is 31.0. The van der Waals surface area contributed by atoms with Crippen LogP contribution in [0.1, 0.15) is 24.0 Å². The predicted octanol–water partition coefficient (Wildman–Crippen LogP) is 5.44. The van der Waals surface area contributed by atoms with Crippen LogP contribution < -0.4 is 0 Å². The Morgan fingerprint density at radius 3 is 1.96 bits per heavy atom. The van der Waals surface area contributed by atoms with E-state index >= 15 is 0 Å². The summed E-state index contributed by atoms with van der Waals surface area (Å²) in [7, 11) is 0. The molecule has 0 amide bonds. The Kier molecular flexibility index (Phi) is 3.34. The van der Waals surface area contributed by atoms with Crippen molar-refractivity contribution in [2.24, 2.45) is 0 Å². The molecule has 0 fully saturated rings. The maximum atomic E-state index is 14.7. The van der Waals surface area contributed by atoms with Crippen LogP contribution >= 0.6 is 0 Å². The molecule has 0 aliphatic heterocycles. The molecule has 0 spiro atoms. The molecule has 2 aliphatic carbocycles. The number of halogens is 2. The summed E-state index contributed by atoms with van der Waals surface area (Å²) in [5.74, 6) is -1.05. The number of hydrogen-bond donors (Lipinski definition) is 0. The molecule has 0 saturated heterocycles. The zero-order valence-corrected chi connectivity index (χ0v) is 12.5. The highest BCUT2D eigenvalue weighted by molar-refractivity contribution is 5.88. The van der Waals surface area contributed by atoms with Gasteiger partial charge in [0.1, 0.15) is 5.82 Å². The first-order valence-corrected chi connectivity index (χ1v) is 7.63. The van der Waals surface area contributed by atoms with E-state index in [9.17, 15) is 8.78 Å². The first-order valence-electron chi connectivity index (χ1n) is 7.63. The molecule has 1 aromatic heterocycles. The highest BCUT2D eigenvalue weighted by Gasteiger charge is 2.24. The van der Waals surface area contributed by atoms with Crippen molar-refractivity contribution in [1.82, 2.24) is 4.57 Å². The van der Waals surface area contributed by atoms with Crippen molar-refractivity contribution in [3.05, 3.63) is 89.8 Å². The molecule has 3 heteroatoms. The number of nitrogens with zero attached hydrogens (tertiary/aromatic N) is 1. The third kappa shape index (κ3) is 2.29. The van der Waals surface area contributed by atoms with Gasteiger partial charge in [0.05, 0.1) is 5.69 Å². The van der Waals surface area contributed by atoms with Crippen LogP contribution in [0.5, 0.6) is 0 Å². The van der Waals surface area contributed by atoms with E-state index in [0.29, 0.717) is 29.7 Å². The maximum absolute atomic E-state index is 14.7. The van der Waals surface area contributed by atoms with Crippen molar-refractivity contribution in [2.45, 2.75) is 12.8 Å². The second kappa shape index (κ2) is 5.51. The van der Waals surface area contributed by atoms with E-state index in [4.69, 9.17) is 0 Å². The molecule has 1 aromatic carbocycles. The number of rotatable bonds is 3. The van der Waals surface area contributed by atoms with Gasteiger partial charge in [0, 0.05) is 29.6 Å². The lowest BCUT2D eigenvalue weighted by molar-refractivity contribution is 0.574. The minimum Gasteiger partial charge on any atom is -0.321 e. The van der Waals surface area contributed by atoms with E-state index in [1.165, 1.54) is 0 Å². The second-order valence-corrected chi connectivity index (χ2v) is 5.68. The second-order valence-electron chi connectivity index (χ2n) is 5.68. The smallest absolute Gasteiger partial charge is 0.150 e. The molecule has 0 radical (unpaired) electrons. The van der Waals surface area contributed by atoms with Crippen molar-refractivity contribution < 1.29 is 8.78 Å². The van der Waals surface area contributed by atoms with Gasteiger partial charge in [0.15, 0.2) is 5.82 Å². The number of benzene rings is 1. The molecule has 4 rings (SSSR count). The van der Waals surface area contributed by atoms with Crippen molar-refractivity contribution in [3.8, 4) is 5.69 Å². The van der Waals surface area contributed by atoms with Crippen LogP contribution in [0.2, 0.25) is 0 Å². The minimum atomic E-state index is -0.545. The van der Waals surface area contributed by atoms with Gasteiger partial charge in [-0.05, 0) is 36.1 Å². The zero-order valence-electron chi connectivity index (χ0n) is 12.5. The van der Waals surface area contributed by atoms with Gasteiger partial charge in [0.2, 0.25) is 0 Å². The third-order valence-corrected chi connectivity index (χ3v) is 4.25. The fraction of sp³-hybridized carbons (Fsp3) is 0.100. The Morgan fingerprint density at radius 2 is 1.39 bits per heavy atom. The van der Waals surface area contributed by atoms with E-state index in [0.717, 1.165) is 17.2 Å². The summed E-state index contributed by atoms with van der Waals surface area (Å²) in [5.41, 5.74) is 3.40. The molecule has 23 heavy (non-hydrogen) atoms. The highest BCUT2D eigenvalue weighted by atomic mass is 19.1. The summed E-state index contributed by atoms with van der Waals surface area (Å²) in [4.78, 5) is 0. The summed E-state index contributed by atoms with van der Waals surface area (Å²) in [6.07, 6.45) is 16.6. The Bertz CT molecular complexity index is 881. The molecule has 2 aliphatic rings. The van der Waals surface area contributed by atoms with Gasteiger partial charge in [-0.25, -0.2) is 8.78 Å². The normalized spacial score (nSPS) is 16.1. The number of allylic oxidation sites excluding steroid dienone is 8. The number of hydrogen-bond acceptors (Lipinski definition) is 0. The van der Waals surface area contributed by atoms with Gasteiger partial charge in [-0.15, -0.1) is 0 Å². The van der Waals surface area contributed by atoms with Gasteiger partial charge < -0.3 is 4.57 Å². The standard InChI is InChI=1S/C20H15F2N/c21-16-13-17(22)20(23-11-5-6-12-23)19(15-9-3-4-10-15)18(16)14-7-1-2-8-14/h1-7,9,11-13H,8,10H2. The number of aromatic nitrogens is 1. The fourth-order valence-electron chi connectivity index (χ4n) is 3.24. The van der Waals surface area contributed by atoms with Crippen LogP contribution in [0, 0.1) is 11.6 Å². The van der Waals surface area contributed by atoms with Crippen LogP contribution in [0.15, 0.2) is 67.0 Å². The van der Waals surface area contributed by atoms with Gasteiger partial charge in [0.25, 0.3) is 0 Å². The average Bonchev–Trinajstić information content (AvgIpc) is 3.29. The Hall–Kier alpha value is -2.68. The zero-order chi connectivity index (χ0) is 15.8. The molecule has 1 nitrogen and oxygen atoms in total. The summed E-state index contributed by atoms with van der Waals surface area (Å²) >= 11 is 0. The Morgan fingerprint density at radius 1 is 0.783 bits per heavy atom. The van der Waals surface area contributed by atoms with E-state index in [1.54, 1.807) is 17.0 Å². The summed E-state index contributed by atoms with van der Waals surface area (Å²) in [6.45, 7) is 0. The maximum Gasteiger partial charge on any atom is 0.150 e. The molecule has 114 valence electrons. The highest BCUT2D eigenvalue weighted by Crippen LogP contribution is 2.40. The molecule has 0 N–H and O–H groups in total. The molecule has 0 saturated carbocycles. The molecule has 0 bridgehead atoms. The van der Waals surface area contributed by atoms with Gasteiger partial charge in [-0.3, -0.25) is 0 Å². The fourth-order valence-corrected chi connectivity index (χ4v) is 3.24. The summed E-state index contributed by atoms with van der Waals surface area (Å²) in [5, 5.41) is 0. The predicted molar refractivity (Wildman–Crippen MR) is 89.2 cm³/mol. The van der Waals surface area contributed by atoms with E-state index < -0.39 is 11.6 Å². The van der Waals surface area contributed by atoms with Crippen LogP contribution in [0.4, 0.5) is 8.78 Å². The first-order chi connectivity index (χ1) is 11.3. The third-order valence-electron chi connectivity index (χ3n) is 4.25. The minimum absolute atomic E-state index is 0.411. The molecule has 2 aromatic rings. The lowest BCUT2D eigenvalue weighted by Gasteiger charge is -2.19. The van der Waals surface area contributed by atoms with Gasteiger partial charge in [-0.2, -0.15) is 0 Å². The van der Waals surface area contributed by atoms with Crippen LogP contribution in [-0.4, -0.2) is 4.57 Å². The van der Waals surface area contributed by atoms with Crippen molar-refractivity contribution in [1.29, 1.82) is 0 Å². The Balaban J connectivity index is 2.04. The monoisotopic (exact) mass is 307 g/mol. The lowest BCUT2D eigenvalue weighted by Crippen LogP contribution is -2.07. The van der Waals surface area contributed by atoms with E-state index in [2.05, 4.69) is 0 Å². The van der Waals surface area contributed by atoms with Crippen LogP contribution in [-0.2, 0) is 0 Å². The quantitative estimate of drug-likeness (QED) is 0.711. The topological polar surface area (TPSA) is 4.93 Å². The van der Waals surface area contributed by atoms with E-state index in [1.807, 2.05) is 48.6 Å². The van der Waals surface area contributed by atoms with Crippen LogP contribution in [0.25, 0.3) is 16.8 Å². The Labute approximate surface area is 133 Å². The largest absolute Gasteiger partial charge is 0.321 e. The molecule has 1 heterocycles. The van der Waals surface area contributed by atoms with Crippen molar-refractivity contribution in [3.63, 3.8) is 0 Å². The molecule has 0 unspecified atom stereocenters. The molecule has 0 atom stereocenters. The van der Waals surface area contributed by atoms with Gasteiger partial charge >= 0.3 is 0 Å². The van der Waals surface area contributed by atoms with Crippen molar-refractivity contribution in [2.75, 3.05) is 0 Å².